The van der Waals surface area contributed by atoms with E-state index in [1.807, 2.05) is 12.1 Å². The Morgan fingerprint density at radius 3 is 1.82 bits per heavy atom. The fourth-order valence-corrected chi connectivity index (χ4v) is 5.36. The van der Waals surface area contributed by atoms with Crippen LogP contribution in [0.25, 0.3) is 0 Å². The van der Waals surface area contributed by atoms with Crippen LogP contribution in [0, 0.1) is 5.41 Å². The Morgan fingerprint density at radius 2 is 1.36 bits per heavy atom. The lowest BCUT2D eigenvalue weighted by Gasteiger charge is -2.65. The Balaban J connectivity index is 1.85. The zero-order valence-electron chi connectivity index (χ0n) is 17.7. The summed E-state index contributed by atoms with van der Waals surface area (Å²) in [5, 5.41) is 0.0513. The van der Waals surface area contributed by atoms with Gasteiger partial charge in [-0.2, -0.15) is 0 Å². The summed E-state index contributed by atoms with van der Waals surface area (Å²) in [4.78, 5) is 0. The molecule has 2 aromatic carbocycles. The molecule has 1 saturated heterocycles. The third-order valence-corrected chi connectivity index (χ3v) is 11.2. The van der Waals surface area contributed by atoms with Crippen molar-refractivity contribution in [3.8, 4) is 0 Å². The van der Waals surface area contributed by atoms with E-state index in [2.05, 4.69) is 95.4 Å². The van der Waals surface area contributed by atoms with Crippen LogP contribution in [0.5, 0.6) is 0 Å². The van der Waals surface area contributed by atoms with E-state index >= 15 is 0 Å². The van der Waals surface area contributed by atoms with Gasteiger partial charge in [-0.1, -0.05) is 81.4 Å². The van der Waals surface area contributed by atoms with Gasteiger partial charge in [0.05, 0.1) is 6.26 Å². The summed E-state index contributed by atoms with van der Waals surface area (Å²) < 4.78 is 19.6. The highest BCUT2D eigenvalue weighted by molar-refractivity contribution is 6.74. The zero-order valence-corrected chi connectivity index (χ0v) is 18.7. The Labute approximate surface area is 169 Å². The zero-order chi connectivity index (χ0) is 20.3. The second-order valence-electron chi connectivity index (χ2n) is 9.56. The average molecular weight is 395 g/mol. The molecule has 0 spiro atoms. The summed E-state index contributed by atoms with van der Waals surface area (Å²) in [7, 11) is -2.13. The molecule has 3 nitrogen and oxygen atoms in total. The maximum Gasteiger partial charge on any atom is 0.331 e. The smallest absolute Gasteiger partial charge is 0.331 e. The fraction of sp³-hybridized carbons (Fsp3) is 0.417. The summed E-state index contributed by atoms with van der Waals surface area (Å²) in [6.45, 7) is 13.4. The van der Waals surface area contributed by atoms with Gasteiger partial charge < -0.3 is 9.16 Å². The molecule has 0 amide bonds. The van der Waals surface area contributed by atoms with E-state index in [1.54, 1.807) is 6.26 Å². The molecule has 0 aliphatic carbocycles. The number of hydrogen-bond donors (Lipinski definition) is 0. The van der Waals surface area contributed by atoms with Crippen molar-refractivity contribution in [2.75, 3.05) is 0 Å². The Bertz CT molecular complexity index is 846. The van der Waals surface area contributed by atoms with Crippen molar-refractivity contribution < 1.29 is 13.9 Å². The maximum absolute atomic E-state index is 6.78. The predicted octanol–water partition coefficient (Wildman–Crippen LogP) is 6.19. The summed E-state index contributed by atoms with van der Waals surface area (Å²) in [6.07, 6.45) is 3.87. The first kappa shape index (κ1) is 19.4. The first-order chi connectivity index (χ1) is 13.1. The van der Waals surface area contributed by atoms with Crippen LogP contribution in [0.1, 0.15) is 38.8 Å². The molecule has 0 unspecified atom stereocenters. The van der Waals surface area contributed by atoms with Gasteiger partial charge in [-0.3, -0.25) is 4.74 Å². The van der Waals surface area contributed by atoms with Crippen molar-refractivity contribution in [3.63, 3.8) is 0 Å². The summed E-state index contributed by atoms with van der Waals surface area (Å²) in [5.74, 6) is -1.10. The molecule has 2 aromatic rings. The topological polar surface area (TPSA) is 27.7 Å². The van der Waals surface area contributed by atoms with Gasteiger partial charge in [-0.15, -0.1) is 0 Å². The Morgan fingerprint density at radius 1 is 0.857 bits per heavy atom. The van der Waals surface area contributed by atoms with Gasteiger partial charge in [0.2, 0.25) is 8.32 Å². The van der Waals surface area contributed by atoms with Crippen molar-refractivity contribution in [2.24, 2.45) is 5.41 Å². The van der Waals surface area contributed by atoms with Gasteiger partial charge in [0.15, 0.2) is 0 Å². The van der Waals surface area contributed by atoms with E-state index in [0.717, 1.165) is 11.1 Å². The van der Waals surface area contributed by atoms with Crippen molar-refractivity contribution in [1.29, 1.82) is 0 Å². The predicted molar refractivity (Wildman–Crippen MR) is 114 cm³/mol. The summed E-state index contributed by atoms with van der Waals surface area (Å²) in [5.41, 5.74) is 1.06. The van der Waals surface area contributed by atoms with E-state index in [1.165, 1.54) is 0 Å². The molecule has 0 N–H and O–H groups in total. The number of rotatable bonds is 4. The van der Waals surface area contributed by atoms with Gasteiger partial charge in [-0.05, 0) is 42.3 Å². The fourth-order valence-electron chi connectivity index (χ4n) is 4.08. The SMILES string of the molecule is CC(C)(C)[Si](C)(C)O[C@]12OC=C[C@@]1(C)C(c1ccccc1)(c1ccccc1)O2. The number of benzene rings is 2. The van der Waals surface area contributed by atoms with Gasteiger partial charge in [0.25, 0.3) is 0 Å². The molecule has 0 radical (unpaired) electrons. The van der Waals surface area contributed by atoms with Gasteiger partial charge >= 0.3 is 5.97 Å². The lowest BCUT2D eigenvalue weighted by Crippen LogP contribution is -2.75. The van der Waals surface area contributed by atoms with E-state index < -0.39 is 25.3 Å². The molecule has 2 aliphatic rings. The lowest BCUT2D eigenvalue weighted by atomic mass is 9.60. The lowest BCUT2D eigenvalue weighted by molar-refractivity contribution is -0.501. The molecule has 2 atom stereocenters. The van der Waals surface area contributed by atoms with Crippen molar-refractivity contribution in [1.82, 2.24) is 0 Å². The Kier molecular flexibility index (Phi) is 4.20. The molecule has 0 saturated carbocycles. The van der Waals surface area contributed by atoms with Gasteiger partial charge in [0, 0.05) is 0 Å². The summed E-state index contributed by atoms with van der Waals surface area (Å²) in [6, 6.07) is 20.8. The first-order valence-corrected chi connectivity index (χ1v) is 12.9. The second kappa shape index (κ2) is 6.06. The third-order valence-electron chi connectivity index (χ3n) is 6.84. The van der Waals surface area contributed by atoms with Crippen LogP contribution in [0.4, 0.5) is 0 Å². The number of hydrogen-bond acceptors (Lipinski definition) is 3. The van der Waals surface area contributed by atoms with Crippen molar-refractivity contribution in [3.05, 3.63) is 84.1 Å². The van der Waals surface area contributed by atoms with Gasteiger partial charge in [0.1, 0.15) is 11.0 Å². The van der Waals surface area contributed by atoms with Crippen LogP contribution in [-0.2, 0) is 19.5 Å². The van der Waals surface area contributed by atoms with E-state index in [9.17, 15) is 0 Å². The quantitative estimate of drug-likeness (QED) is 0.579. The Hall–Kier alpha value is -1.88. The molecule has 2 heterocycles. The molecule has 0 aromatic heterocycles. The minimum Gasteiger partial charge on any atom is -0.447 e. The minimum absolute atomic E-state index is 0.0513. The van der Waals surface area contributed by atoms with Crippen LogP contribution < -0.4 is 0 Å². The van der Waals surface area contributed by atoms with Crippen molar-refractivity contribution >= 4 is 8.32 Å². The van der Waals surface area contributed by atoms with Crippen LogP contribution in [-0.4, -0.2) is 14.3 Å². The van der Waals surface area contributed by atoms with E-state index in [4.69, 9.17) is 13.9 Å². The third kappa shape index (κ3) is 2.41. The normalized spacial score (nSPS) is 28.4. The molecular weight excluding hydrogens is 364 g/mol. The van der Waals surface area contributed by atoms with Crippen LogP contribution in [0.3, 0.4) is 0 Å². The standard InChI is InChI=1S/C24H30O3Si/c1-21(2,3)28(5,6)27-24-22(4,17-18-25-24)23(26-24,19-13-9-7-10-14-19)20-15-11-8-12-16-20/h7-18H,1-6H3/t22-,24-/m0/s1. The molecular formula is C24H30O3Si. The molecule has 2 aliphatic heterocycles. The summed E-state index contributed by atoms with van der Waals surface area (Å²) >= 11 is 0. The molecule has 0 bridgehead atoms. The van der Waals surface area contributed by atoms with E-state index in [0.29, 0.717) is 0 Å². The highest BCUT2D eigenvalue weighted by Crippen LogP contribution is 2.70. The van der Waals surface area contributed by atoms with Crippen molar-refractivity contribution in [2.45, 2.75) is 57.4 Å². The largest absolute Gasteiger partial charge is 0.447 e. The van der Waals surface area contributed by atoms with Crippen LogP contribution in [0.2, 0.25) is 18.1 Å². The molecule has 28 heavy (non-hydrogen) atoms. The molecule has 148 valence electrons. The molecule has 4 rings (SSSR count). The van der Waals surface area contributed by atoms with Crippen LogP contribution in [0.15, 0.2) is 73.0 Å². The monoisotopic (exact) mass is 394 g/mol. The molecule has 4 heteroatoms. The van der Waals surface area contributed by atoms with E-state index in [-0.39, 0.29) is 5.04 Å². The maximum atomic E-state index is 6.78. The highest BCUT2D eigenvalue weighted by Gasteiger charge is 2.80. The number of fused-ring (bicyclic) bond motifs is 1. The first-order valence-electron chi connectivity index (χ1n) is 9.95. The molecule has 1 fully saturated rings. The van der Waals surface area contributed by atoms with Crippen LogP contribution >= 0.6 is 0 Å². The second-order valence-corrected chi connectivity index (χ2v) is 14.3. The number of ether oxygens (including phenoxy) is 2. The highest BCUT2D eigenvalue weighted by atomic mass is 28.4. The van der Waals surface area contributed by atoms with Gasteiger partial charge in [-0.25, -0.2) is 0 Å². The average Bonchev–Trinajstić information content (AvgIpc) is 2.89. The minimum atomic E-state index is -2.13.